The first-order valence-electron chi connectivity index (χ1n) is 5.95. The third-order valence-corrected chi connectivity index (χ3v) is 3.22. The van der Waals surface area contributed by atoms with Crippen LogP contribution in [0.3, 0.4) is 0 Å². The Morgan fingerprint density at radius 1 is 1.33 bits per heavy atom. The fourth-order valence-corrected chi connectivity index (χ4v) is 1.95. The third-order valence-electron chi connectivity index (χ3n) is 3.22. The van der Waals surface area contributed by atoms with Gasteiger partial charge in [-0.3, -0.25) is 0 Å². The van der Waals surface area contributed by atoms with Crippen LogP contribution < -0.4 is 5.73 Å². The van der Waals surface area contributed by atoms with Crippen molar-refractivity contribution in [3.63, 3.8) is 0 Å². The van der Waals surface area contributed by atoms with Crippen molar-refractivity contribution >= 4 is 5.84 Å². The van der Waals surface area contributed by atoms with Crippen LogP contribution >= 0.6 is 0 Å². The van der Waals surface area contributed by atoms with E-state index >= 15 is 0 Å². The smallest absolute Gasteiger partial charge is 0.409 e. The number of nitrogens with zero attached hydrogens (tertiary/aromatic N) is 3. The zero-order valence-electron chi connectivity index (χ0n) is 11.3. The lowest BCUT2D eigenvalue weighted by Crippen LogP contribution is -2.20. The standard InChI is InChI=1S/C13H13F3N4O/c1-7-8(2)20(6-18-7)9-3-4-10(12(17)19-21)11(5-9)13(14,15)16/h3-6,21H,1-2H3,(H2,17,19). The second kappa shape index (κ2) is 5.12. The summed E-state index contributed by atoms with van der Waals surface area (Å²) in [5.74, 6) is -0.590. The zero-order chi connectivity index (χ0) is 15.8. The first kappa shape index (κ1) is 14.9. The van der Waals surface area contributed by atoms with E-state index in [1.807, 2.05) is 0 Å². The van der Waals surface area contributed by atoms with Crippen LogP contribution in [0.5, 0.6) is 0 Å². The number of aromatic nitrogens is 2. The van der Waals surface area contributed by atoms with E-state index in [-0.39, 0.29) is 5.56 Å². The highest BCUT2D eigenvalue weighted by molar-refractivity contribution is 5.98. The molecule has 2 rings (SSSR count). The molecule has 1 heterocycles. The van der Waals surface area contributed by atoms with Gasteiger partial charge in [0.25, 0.3) is 0 Å². The van der Waals surface area contributed by atoms with Gasteiger partial charge in [-0.15, -0.1) is 0 Å². The van der Waals surface area contributed by atoms with Crippen molar-refractivity contribution in [3.05, 3.63) is 47.0 Å². The second-order valence-electron chi connectivity index (χ2n) is 4.50. The topological polar surface area (TPSA) is 76.4 Å². The number of hydrogen-bond donors (Lipinski definition) is 2. The van der Waals surface area contributed by atoms with Gasteiger partial charge in [-0.25, -0.2) is 4.98 Å². The molecule has 0 spiro atoms. The van der Waals surface area contributed by atoms with Gasteiger partial charge in [-0.1, -0.05) is 5.16 Å². The average Bonchev–Trinajstić information content (AvgIpc) is 2.76. The molecule has 3 N–H and O–H groups in total. The molecule has 0 bridgehead atoms. The maximum absolute atomic E-state index is 13.1. The molecular formula is C13H13F3N4O. The molecule has 2 aromatic rings. The van der Waals surface area contributed by atoms with Crippen molar-refractivity contribution < 1.29 is 18.4 Å². The van der Waals surface area contributed by atoms with Gasteiger partial charge >= 0.3 is 6.18 Å². The van der Waals surface area contributed by atoms with Crippen LogP contribution in [0.25, 0.3) is 5.69 Å². The molecule has 0 unspecified atom stereocenters. The normalized spacial score (nSPS) is 12.7. The molecule has 1 aromatic heterocycles. The zero-order valence-corrected chi connectivity index (χ0v) is 11.3. The number of amidine groups is 1. The van der Waals surface area contributed by atoms with Gasteiger partial charge in [0.05, 0.1) is 17.6 Å². The van der Waals surface area contributed by atoms with Crippen LogP contribution in [-0.2, 0) is 6.18 Å². The highest BCUT2D eigenvalue weighted by Crippen LogP contribution is 2.33. The fourth-order valence-electron chi connectivity index (χ4n) is 1.95. The average molecular weight is 298 g/mol. The molecular weight excluding hydrogens is 285 g/mol. The number of imidazole rings is 1. The Bertz CT molecular complexity index is 704. The first-order valence-corrected chi connectivity index (χ1v) is 5.95. The molecule has 0 atom stereocenters. The molecule has 112 valence electrons. The Labute approximate surface area is 118 Å². The predicted octanol–water partition coefficient (Wildman–Crippen LogP) is 2.60. The molecule has 8 heteroatoms. The maximum atomic E-state index is 13.1. The third kappa shape index (κ3) is 2.69. The van der Waals surface area contributed by atoms with Gasteiger partial charge in [-0.05, 0) is 32.0 Å². The fraction of sp³-hybridized carbons (Fsp3) is 0.231. The highest BCUT2D eigenvalue weighted by atomic mass is 19.4. The van der Waals surface area contributed by atoms with Crippen LogP contribution in [0.2, 0.25) is 0 Å². The summed E-state index contributed by atoms with van der Waals surface area (Å²) in [5.41, 5.74) is 5.71. The SMILES string of the molecule is Cc1ncn(-c2ccc(C(N)=NO)c(C(F)(F)F)c2)c1C. The summed E-state index contributed by atoms with van der Waals surface area (Å²) in [7, 11) is 0. The first-order chi connectivity index (χ1) is 9.75. The van der Waals surface area contributed by atoms with Gasteiger partial charge in [0.1, 0.15) is 0 Å². The number of benzene rings is 1. The molecule has 21 heavy (non-hydrogen) atoms. The Morgan fingerprint density at radius 3 is 2.48 bits per heavy atom. The van der Waals surface area contributed by atoms with Crippen LogP contribution in [0.15, 0.2) is 29.7 Å². The molecule has 0 aliphatic rings. The summed E-state index contributed by atoms with van der Waals surface area (Å²) in [6.07, 6.45) is -3.17. The molecule has 0 aliphatic carbocycles. The van der Waals surface area contributed by atoms with Gasteiger partial charge in [-0.2, -0.15) is 13.2 Å². The van der Waals surface area contributed by atoms with E-state index in [9.17, 15) is 13.2 Å². The van der Waals surface area contributed by atoms with Crippen molar-refractivity contribution in [1.82, 2.24) is 9.55 Å². The molecule has 0 fully saturated rings. The minimum Gasteiger partial charge on any atom is -0.409 e. The maximum Gasteiger partial charge on any atom is 0.417 e. The van der Waals surface area contributed by atoms with E-state index in [1.165, 1.54) is 18.5 Å². The summed E-state index contributed by atoms with van der Waals surface area (Å²) >= 11 is 0. The Hall–Kier alpha value is -2.51. The monoisotopic (exact) mass is 298 g/mol. The molecule has 0 radical (unpaired) electrons. The summed E-state index contributed by atoms with van der Waals surface area (Å²) < 4.78 is 40.9. The van der Waals surface area contributed by atoms with Crippen molar-refractivity contribution in [2.24, 2.45) is 10.9 Å². The van der Waals surface area contributed by atoms with E-state index in [2.05, 4.69) is 10.1 Å². The van der Waals surface area contributed by atoms with Crippen molar-refractivity contribution in [1.29, 1.82) is 0 Å². The number of alkyl halides is 3. The Morgan fingerprint density at radius 2 is 2.00 bits per heavy atom. The largest absolute Gasteiger partial charge is 0.417 e. The number of hydrogen-bond acceptors (Lipinski definition) is 3. The lowest BCUT2D eigenvalue weighted by Gasteiger charge is -2.14. The van der Waals surface area contributed by atoms with Crippen LogP contribution in [-0.4, -0.2) is 20.6 Å². The predicted molar refractivity (Wildman–Crippen MR) is 70.6 cm³/mol. The number of oxime groups is 1. The van der Waals surface area contributed by atoms with Gasteiger partial charge in [0.15, 0.2) is 5.84 Å². The molecule has 1 aromatic carbocycles. The molecule has 5 nitrogen and oxygen atoms in total. The van der Waals surface area contributed by atoms with E-state index in [0.29, 0.717) is 5.69 Å². The number of aryl methyl sites for hydroxylation is 1. The van der Waals surface area contributed by atoms with E-state index in [4.69, 9.17) is 10.9 Å². The lowest BCUT2D eigenvalue weighted by atomic mass is 10.0. The molecule has 0 saturated heterocycles. The minimum absolute atomic E-state index is 0.301. The van der Waals surface area contributed by atoms with Crippen LogP contribution in [0, 0.1) is 13.8 Å². The Balaban J connectivity index is 2.65. The van der Waals surface area contributed by atoms with Crippen molar-refractivity contribution in [2.45, 2.75) is 20.0 Å². The number of halogens is 3. The molecule has 0 amide bonds. The van der Waals surface area contributed by atoms with E-state index in [1.54, 1.807) is 18.4 Å². The summed E-state index contributed by atoms with van der Waals surface area (Å²) in [4.78, 5) is 4.05. The molecule has 0 aliphatic heterocycles. The number of rotatable bonds is 2. The Kier molecular flexibility index (Phi) is 3.63. The van der Waals surface area contributed by atoms with Gasteiger partial charge in [0.2, 0.25) is 0 Å². The van der Waals surface area contributed by atoms with Crippen molar-refractivity contribution in [3.8, 4) is 5.69 Å². The van der Waals surface area contributed by atoms with Crippen molar-refractivity contribution in [2.75, 3.05) is 0 Å². The van der Waals surface area contributed by atoms with Gasteiger partial charge < -0.3 is 15.5 Å². The molecule has 0 saturated carbocycles. The summed E-state index contributed by atoms with van der Waals surface area (Å²) in [6, 6.07) is 3.57. The van der Waals surface area contributed by atoms with Crippen LogP contribution in [0.1, 0.15) is 22.5 Å². The quantitative estimate of drug-likeness (QED) is 0.387. The van der Waals surface area contributed by atoms with Gasteiger partial charge in [0, 0.05) is 16.9 Å². The summed E-state index contributed by atoms with van der Waals surface area (Å²) in [5, 5.41) is 11.2. The second-order valence-corrected chi connectivity index (χ2v) is 4.50. The number of nitrogens with two attached hydrogens (primary N) is 1. The minimum atomic E-state index is -4.62. The lowest BCUT2D eigenvalue weighted by molar-refractivity contribution is -0.137. The van der Waals surface area contributed by atoms with E-state index in [0.717, 1.165) is 17.5 Å². The highest BCUT2D eigenvalue weighted by Gasteiger charge is 2.35. The summed E-state index contributed by atoms with van der Waals surface area (Å²) in [6.45, 7) is 3.52. The van der Waals surface area contributed by atoms with Crippen LogP contribution in [0.4, 0.5) is 13.2 Å². The van der Waals surface area contributed by atoms with E-state index < -0.39 is 17.6 Å².